The van der Waals surface area contributed by atoms with Crippen molar-refractivity contribution in [1.82, 2.24) is 4.90 Å². The summed E-state index contributed by atoms with van der Waals surface area (Å²) >= 11 is 0. The average Bonchev–Trinajstić information content (AvgIpc) is 2.80. The fourth-order valence-corrected chi connectivity index (χ4v) is 5.09. The Hall–Kier alpha value is -2.79. The molecular weight excluding hydrogens is 398 g/mol. The van der Waals surface area contributed by atoms with Crippen LogP contribution >= 0.6 is 0 Å². The Labute approximate surface area is 189 Å². The van der Waals surface area contributed by atoms with E-state index in [1.807, 2.05) is 13.0 Å². The highest BCUT2D eigenvalue weighted by Crippen LogP contribution is 2.31. The van der Waals surface area contributed by atoms with E-state index < -0.39 is 0 Å². The van der Waals surface area contributed by atoms with Crippen molar-refractivity contribution in [2.24, 2.45) is 15.9 Å². The van der Waals surface area contributed by atoms with Crippen molar-refractivity contribution in [3.05, 3.63) is 63.7 Å². The second kappa shape index (κ2) is 8.99. The molecule has 1 saturated heterocycles. The molecule has 4 heterocycles. The van der Waals surface area contributed by atoms with Gasteiger partial charge in [0.15, 0.2) is 0 Å². The smallest absolute Gasteiger partial charge is 0.344 e. The third-order valence-electron chi connectivity index (χ3n) is 7.15. The largest absolute Gasteiger partial charge is 0.422 e. The summed E-state index contributed by atoms with van der Waals surface area (Å²) in [6.45, 7) is 7.62. The molecular formula is C27H31N3O2. The van der Waals surface area contributed by atoms with E-state index in [0.717, 1.165) is 74.2 Å². The van der Waals surface area contributed by atoms with Crippen LogP contribution in [0.2, 0.25) is 0 Å². The molecule has 1 unspecified atom stereocenters. The van der Waals surface area contributed by atoms with Gasteiger partial charge in [-0.1, -0.05) is 31.2 Å². The summed E-state index contributed by atoms with van der Waals surface area (Å²) in [7, 11) is 0. The van der Waals surface area contributed by atoms with Gasteiger partial charge in [-0.25, -0.2) is 14.8 Å². The fourth-order valence-electron chi connectivity index (χ4n) is 5.09. The van der Waals surface area contributed by atoms with Crippen molar-refractivity contribution in [2.75, 3.05) is 19.6 Å². The van der Waals surface area contributed by atoms with Gasteiger partial charge in [-0.2, -0.15) is 0 Å². The molecule has 5 rings (SSSR count). The van der Waals surface area contributed by atoms with Gasteiger partial charge in [0.1, 0.15) is 11.4 Å². The quantitative estimate of drug-likeness (QED) is 0.600. The molecule has 5 heteroatoms. The van der Waals surface area contributed by atoms with Gasteiger partial charge >= 0.3 is 5.63 Å². The van der Waals surface area contributed by atoms with Crippen LogP contribution in [0.1, 0.15) is 63.0 Å². The molecule has 2 aromatic rings. The molecule has 1 aromatic heterocycles. The van der Waals surface area contributed by atoms with Crippen molar-refractivity contribution in [3.8, 4) is 0 Å². The standard InChI is InChI=1S/C27H31N3O2/c1-3-30-13-11-19(12-14-30)21-9-10-22-15-24(27(31)32-25(22)16-21)23-6-4-5-20-8-7-18(2)29-26(20)28-17-23/h6-7,9-10,15-17,19-20H,3-5,8,11-14H2,1-2H3. The lowest BCUT2D eigenvalue weighted by Gasteiger charge is -2.31. The zero-order valence-electron chi connectivity index (χ0n) is 19.0. The van der Waals surface area contributed by atoms with Gasteiger partial charge in [0.05, 0.1) is 5.56 Å². The second-order valence-electron chi connectivity index (χ2n) is 9.20. The SMILES string of the molecule is CCN1CCC(c2ccc3cc(C4=CCCC5CC=C(C)N=C5N=C4)c(=O)oc3c2)CC1. The van der Waals surface area contributed by atoms with Gasteiger partial charge in [-0.05, 0) is 82.3 Å². The molecule has 0 N–H and O–H groups in total. The van der Waals surface area contributed by atoms with Crippen LogP contribution in [0.3, 0.4) is 0 Å². The number of allylic oxidation sites excluding steroid dienone is 4. The van der Waals surface area contributed by atoms with Crippen molar-refractivity contribution in [1.29, 1.82) is 0 Å². The number of piperidine rings is 1. The fraction of sp³-hybridized carbons (Fsp3) is 0.444. The number of benzene rings is 1. The molecule has 1 fully saturated rings. The van der Waals surface area contributed by atoms with E-state index in [4.69, 9.17) is 4.42 Å². The first-order valence-electron chi connectivity index (χ1n) is 11.9. The van der Waals surface area contributed by atoms with Crippen molar-refractivity contribution in [2.45, 2.75) is 51.9 Å². The van der Waals surface area contributed by atoms with Gasteiger partial charge in [-0.15, -0.1) is 0 Å². The molecule has 0 saturated carbocycles. The second-order valence-corrected chi connectivity index (χ2v) is 9.20. The maximum atomic E-state index is 12.9. The monoisotopic (exact) mass is 429 g/mol. The minimum Gasteiger partial charge on any atom is -0.422 e. The first-order valence-corrected chi connectivity index (χ1v) is 11.9. The summed E-state index contributed by atoms with van der Waals surface area (Å²) < 4.78 is 5.81. The van der Waals surface area contributed by atoms with Crippen LogP contribution in [0.5, 0.6) is 0 Å². The minimum atomic E-state index is -0.299. The van der Waals surface area contributed by atoms with Crippen molar-refractivity contribution >= 4 is 28.6 Å². The lowest BCUT2D eigenvalue weighted by Crippen LogP contribution is -2.32. The lowest BCUT2D eigenvalue weighted by molar-refractivity contribution is 0.222. The van der Waals surface area contributed by atoms with Crippen LogP contribution in [0.25, 0.3) is 16.5 Å². The molecule has 166 valence electrons. The van der Waals surface area contributed by atoms with Crippen LogP contribution in [-0.2, 0) is 0 Å². The maximum absolute atomic E-state index is 12.9. The Balaban J connectivity index is 1.43. The first kappa shape index (κ1) is 21.1. The molecule has 1 aromatic carbocycles. The molecule has 0 aliphatic carbocycles. The van der Waals surface area contributed by atoms with Crippen molar-refractivity contribution < 1.29 is 4.42 Å². The Kier molecular flexibility index (Phi) is 5.92. The Morgan fingerprint density at radius 1 is 1.09 bits per heavy atom. The normalized spacial score (nSPS) is 22.6. The minimum absolute atomic E-state index is 0.299. The molecule has 0 radical (unpaired) electrons. The zero-order chi connectivity index (χ0) is 22.1. The predicted octanol–water partition coefficient (Wildman–Crippen LogP) is 5.56. The van der Waals surface area contributed by atoms with E-state index in [1.54, 1.807) is 6.21 Å². The Bertz CT molecular complexity index is 1190. The molecule has 3 aliphatic heterocycles. The van der Waals surface area contributed by atoms with E-state index in [1.165, 1.54) is 5.56 Å². The maximum Gasteiger partial charge on any atom is 0.344 e. The summed E-state index contributed by atoms with van der Waals surface area (Å²) in [6.07, 6.45) is 11.3. The van der Waals surface area contributed by atoms with Crippen LogP contribution < -0.4 is 5.63 Å². The highest BCUT2D eigenvalue weighted by atomic mass is 16.4. The van der Waals surface area contributed by atoms with Crippen LogP contribution in [0, 0.1) is 5.92 Å². The highest BCUT2D eigenvalue weighted by Gasteiger charge is 2.22. The third kappa shape index (κ3) is 4.26. The highest BCUT2D eigenvalue weighted by molar-refractivity contribution is 6.14. The number of nitrogens with zero attached hydrogens (tertiary/aromatic N) is 3. The van der Waals surface area contributed by atoms with Gasteiger partial charge in [0.2, 0.25) is 0 Å². The van der Waals surface area contributed by atoms with E-state index in [-0.39, 0.29) is 5.63 Å². The molecule has 3 aliphatic rings. The van der Waals surface area contributed by atoms with Crippen molar-refractivity contribution in [3.63, 3.8) is 0 Å². The van der Waals surface area contributed by atoms with Crippen LogP contribution in [0.4, 0.5) is 0 Å². The topological polar surface area (TPSA) is 58.2 Å². The van der Waals surface area contributed by atoms with Gasteiger partial charge in [0, 0.05) is 28.8 Å². The Morgan fingerprint density at radius 3 is 2.75 bits per heavy atom. The van der Waals surface area contributed by atoms with Crippen LogP contribution in [0.15, 0.2) is 61.3 Å². The average molecular weight is 430 g/mol. The molecule has 0 spiro atoms. The molecule has 0 amide bonds. The molecule has 0 bridgehead atoms. The zero-order valence-corrected chi connectivity index (χ0v) is 19.0. The van der Waals surface area contributed by atoms with Gasteiger partial charge in [-0.3, -0.25) is 0 Å². The molecule has 32 heavy (non-hydrogen) atoms. The predicted molar refractivity (Wildman–Crippen MR) is 132 cm³/mol. The number of hydrogen-bond acceptors (Lipinski definition) is 5. The Morgan fingerprint density at radius 2 is 1.94 bits per heavy atom. The number of hydrogen-bond donors (Lipinski definition) is 0. The summed E-state index contributed by atoms with van der Waals surface area (Å²) in [6, 6.07) is 8.33. The number of rotatable bonds is 3. The third-order valence-corrected chi connectivity index (χ3v) is 7.15. The van der Waals surface area contributed by atoms with E-state index in [0.29, 0.717) is 23.0 Å². The number of fused-ring (bicyclic) bond motifs is 2. The van der Waals surface area contributed by atoms with E-state index in [9.17, 15) is 4.79 Å². The molecule has 5 nitrogen and oxygen atoms in total. The number of likely N-dealkylation sites (tertiary alicyclic amines) is 1. The van der Waals surface area contributed by atoms with Crippen LogP contribution in [-0.4, -0.2) is 36.6 Å². The number of amidine groups is 1. The first-order chi connectivity index (χ1) is 15.6. The number of aliphatic imine (C=N–C) groups is 2. The van der Waals surface area contributed by atoms with Gasteiger partial charge in [0.25, 0.3) is 0 Å². The van der Waals surface area contributed by atoms with E-state index in [2.05, 4.69) is 52.2 Å². The molecule has 1 atom stereocenters. The summed E-state index contributed by atoms with van der Waals surface area (Å²) in [5.41, 5.74) is 4.07. The summed E-state index contributed by atoms with van der Waals surface area (Å²) in [5.74, 6) is 1.78. The summed E-state index contributed by atoms with van der Waals surface area (Å²) in [4.78, 5) is 24.7. The summed E-state index contributed by atoms with van der Waals surface area (Å²) in [5, 5.41) is 0.956. The van der Waals surface area contributed by atoms with E-state index >= 15 is 0 Å². The lowest BCUT2D eigenvalue weighted by atomic mass is 9.89. The van der Waals surface area contributed by atoms with Gasteiger partial charge < -0.3 is 9.32 Å².